The van der Waals surface area contributed by atoms with Gasteiger partial charge in [0.25, 0.3) is 5.91 Å². The second-order valence-corrected chi connectivity index (χ2v) is 6.44. The van der Waals surface area contributed by atoms with Crippen LogP contribution >= 0.6 is 11.3 Å². The van der Waals surface area contributed by atoms with Crippen molar-refractivity contribution in [1.82, 2.24) is 5.32 Å². The Bertz CT molecular complexity index is 532. The van der Waals surface area contributed by atoms with Crippen molar-refractivity contribution < 1.29 is 14.3 Å². The summed E-state index contributed by atoms with van der Waals surface area (Å²) in [5, 5.41) is 3.51. The van der Waals surface area contributed by atoms with Crippen LogP contribution in [-0.4, -0.2) is 45.9 Å². The molecule has 1 aromatic heterocycles. The number of thiophene rings is 1. The molecule has 2 heterocycles. The Morgan fingerprint density at radius 2 is 2.19 bits per heavy atom. The minimum atomic E-state index is -0.187. The van der Waals surface area contributed by atoms with Gasteiger partial charge >= 0.3 is 0 Å². The summed E-state index contributed by atoms with van der Waals surface area (Å²) in [6.45, 7) is 3.76. The van der Waals surface area contributed by atoms with Gasteiger partial charge in [-0.2, -0.15) is 0 Å². The Hall–Kier alpha value is -1.47. The highest BCUT2D eigenvalue weighted by Gasteiger charge is 2.34. The molecule has 0 aliphatic carbocycles. The van der Waals surface area contributed by atoms with Gasteiger partial charge in [0.1, 0.15) is 15.6 Å². The van der Waals surface area contributed by atoms with Crippen molar-refractivity contribution in [3.05, 3.63) is 4.88 Å². The second kappa shape index (κ2) is 6.11. The van der Waals surface area contributed by atoms with Gasteiger partial charge in [-0.25, -0.2) is 0 Å². The number of carbonyl (C=O) groups is 1. The van der Waals surface area contributed by atoms with Crippen molar-refractivity contribution in [2.24, 2.45) is 0 Å². The lowest BCUT2D eigenvalue weighted by atomic mass is 9.95. The molecule has 1 unspecified atom stereocenters. The zero-order valence-electron chi connectivity index (χ0n) is 13.0. The number of nitrogen functional groups attached to an aromatic ring is 1. The maximum Gasteiger partial charge on any atom is 0.263 e. The Balaban J connectivity index is 2.37. The molecule has 0 radical (unpaired) electrons. The van der Waals surface area contributed by atoms with Crippen LogP contribution < -0.4 is 20.7 Å². The molecule has 1 atom stereocenters. The third-order valence-electron chi connectivity index (χ3n) is 3.96. The van der Waals surface area contributed by atoms with Crippen molar-refractivity contribution >= 4 is 27.9 Å². The molecule has 118 valence electrons. The number of nitrogens with zero attached hydrogens (tertiary/aromatic N) is 1. The number of methoxy groups -OCH3 is 2. The van der Waals surface area contributed by atoms with Crippen LogP contribution in [0.25, 0.3) is 0 Å². The van der Waals surface area contributed by atoms with Gasteiger partial charge in [0.05, 0.1) is 12.7 Å². The lowest BCUT2D eigenvalue weighted by Crippen LogP contribution is -2.47. The fraction of sp³-hybridized carbons (Fsp3) is 0.643. The molecule has 0 spiro atoms. The van der Waals surface area contributed by atoms with E-state index in [2.05, 4.69) is 17.1 Å². The summed E-state index contributed by atoms with van der Waals surface area (Å²) in [5.74, 6) is 0.396. The largest absolute Gasteiger partial charge is 0.492 e. The van der Waals surface area contributed by atoms with Gasteiger partial charge in [-0.15, -0.1) is 11.3 Å². The van der Waals surface area contributed by atoms with Crippen molar-refractivity contribution in [2.45, 2.75) is 25.4 Å². The molecular formula is C14H23N3O3S. The van der Waals surface area contributed by atoms with Gasteiger partial charge in [-0.05, 0) is 19.8 Å². The summed E-state index contributed by atoms with van der Waals surface area (Å²) in [6, 6.07) is 0. The van der Waals surface area contributed by atoms with E-state index < -0.39 is 0 Å². The average Bonchev–Trinajstić information content (AvgIpc) is 2.83. The number of hydrogen-bond donors (Lipinski definition) is 2. The van der Waals surface area contributed by atoms with E-state index in [0.717, 1.165) is 30.9 Å². The number of piperidine rings is 1. The first-order chi connectivity index (χ1) is 9.95. The quantitative estimate of drug-likeness (QED) is 0.885. The molecule has 1 amide bonds. The molecule has 0 aromatic carbocycles. The average molecular weight is 313 g/mol. The maximum atomic E-state index is 11.9. The number of anilines is 2. The Kier molecular flexibility index (Phi) is 4.63. The van der Waals surface area contributed by atoms with Crippen molar-refractivity contribution in [3.63, 3.8) is 0 Å². The normalized spacial score (nSPS) is 22.2. The molecule has 0 bridgehead atoms. The predicted octanol–water partition coefficient (Wildman–Crippen LogP) is 1.70. The van der Waals surface area contributed by atoms with Crippen LogP contribution in [0.5, 0.6) is 5.75 Å². The molecule has 1 aliphatic heterocycles. The van der Waals surface area contributed by atoms with E-state index in [1.807, 2.05) is 0 Å². The molecule has 6 nitrogen and oxygen atoms in total. The van der Waals surface area contributed by atoms with E-state index in [1.165, 1.54) is 11.3 Å². The van der Waals surface area contributed by atoms with Crippen LogP contribution in [0.2, 0.25) is 0 Å². The highest BCUT2D eigenvalue weighted by molar-refractivity contribution is 7.19. The molecule has 1 saturated heterocycles. The fourth-order valence-corrected chi connectivity index (χ4v) is 3.81. The van der Waals surface area contributed by atoms with Crippen LogP contribution in [0, 0.1) is 0 Å². The number of nitrogens with one attached hydrogen (secondary N) is 1. The van der Waals surface area contributed by atoms with Gasteiger partial charge in [0, 0.05) is 27.2 Å². The van der Waals surface area contributed by atoms with Crippen LogP contribution in [0.4, 0.5) is 10.7 Å². The smallest absolute Gasteiger partial charge is 0.263 e. The first-order valence-corrected chi connectivity index (χ1v) is 7.76. The van der Waals surface area contributed by atoms with Gasteiger partial charge < -0.3 is 25.4 Å². The van der Waals surface area contributed by atoms with Gasteiger partial charge in [0.15, 0.2) is 5.75 Å². The van der Waals surface area contributed by atoms with Crippen molar-refractivity contribution in [2.75, 3.05) is 45.0 Å². The number of ether oxygens (including phenoxy) is 2. The third-order valence-corrected chi connectivity index (χ3v) is 5.21. The van der Waals surface area contributed by atoms with Gasteiger partial charge in [0.2, 0.25) is 0 Å². The van der Waals surface area contributed by atoms with Crippen LogP contribution in [0.1, 0.15) is 29.4 Å². The van der Waals surface area contributed by atoms with E-state index in [-0.39, 0.29) is 11.5 Å². The first-order valence-electron chi connectivity index (χ1n) is 6.94. The zero-order valence-corrected chi connectivity index (χ0v) is 13.8. The number of amides is 1. The molecule has 7 heteroatoms. The van der Waals surface area contributed by atoms with Crippen LogP contribution in [0.3, 0.4) is 0 Å². The number of hydrogen-bond acceptors (Lipinski definition) is 6. The van der Waals surface area contributed by atoms with Crippen molar-refractivity contribution in [3.8, 4) is 5.75 Å². The van der Waals surface area contributed by atoms with Crippen molar-refractivity contribution in [1.29, 1.82) is 0 Å². The molecule has 1 fully saturated rings. The standard InChI is InChI=1S/C14H23N3O3S/c1-14(20-4)6-5-7-17(8-14)13-10(19-3)9(15)11(21-13)12(18)16-2/h5-8,15H2,1-4H3,(H,16,18). The van der Waals surface area contributed by atoms with E-state index in [9.17, 15) is 4.79 Å². The Labute approximate surface area is 129 Å². The first kappa shape index (κ1) is 15.9. The van der Waals surface area contributed by atoms with E-state index in [4.69, 9.17) is 15.2 Å². The molecule has 1 aliphatic rings. The summed E-state index contributed by atoms with van der Waals surface area (Å²) in [4.78, 5) is 14.6. The summed E-state index contributed by atoms with van der Waals surface area (Å²) < 4.78 is 11.1. The van der Waals surface area contributed by atoms with Crippen LogP contribution in [0.15, 0.2) is 0 Å². The topological polar surface area (TPSA) is 76.8 Å². The van der Waals surface area contributed by atoms with Gasteiger partial charge in [-0.1, -0.05) is 0 Å². The van der Waals surface area contributed by atoms with E-state index in [1.54, 1.807) is 21.3 Å². The van der Waals surface area contributed by atoms with E-state index in [0.29, 0.717) is 16.3 Å². The predicted molar refractivity (Wildman–Crippen MR) is 85.5 cm³/mol. The summed E-state index contributed by atoms with van der Waals surface area (Å²) >= 11 is 1.37. The minimum absolute atomic E-state index is 0.185. The molecule has 1 aromatic rings. The lowest BCUT2D eigenvalue weighted by Gasteiger charge is -2.40. The maximum absolute atomic E-state index is 11.9. The Morgan fingerprint density at radius 3 is 2.76 bits per heavy atom. The molecule has 2 rings (SSSR count). The number of carbonyl (C=O) groups excluding carboxylic acids is 1. The van der Waals surface area contributed by atoms with Gasteiger partial charge in [-0.3, -0.25) is 4.79 Å². The number of rotatable bonds is 4. The van der Waals surface area contributed by atoms with Crippen LogP contribution in [-0.2, 0) is 4.74 Å². The highest BCUT2D eigenvalue weighted by atomic mass is 32.1. The SMILES string of the molecule is CNC(=O)c1sc(N2CCCC(C)(OC)C2)c(OC)c1N. The molecule has 3 N–H and O–H groups in total. The molecular weight excluding hydrogens is 290 g/mol. The monoisotopic (exact) mass is 313 g/mol. The molecule has 0 saturated carbocycles. The minimum Gasteiger partial charge on any atom is -0.492 e. The third kappa shape index (κ3) is 2.94. The number of nitrogens with two attached hydrogens (primary N) is 1. The lowest BCUT2D eigenvalue weighted by molar-refractivity contribution is -0.00457. The highest BCUT2D eigenvalue weighted by Crippen LogP contribution is 2.46. The summed E-state index contributed by atoms with van der Waals surface area (Å²) in [7, 11) is 4.91. The molecule has 21 heavy (non-hydrogen) atoms. The second-order valence-electron chi connectivity index (χ2n) is 5.44. The zero-order chi connectivity index (χ0) is 15.6. The summed E-state index contributed by atoms with van der Waals surface area (Å²) in [5.41, 5.74) is 6.28. The Morgan fingerprint density at radius 1 is 1.48 bits per heavy atom. The van der Waals surface area contributed by atoms with E-state index >= 15 is 0 Å². The summed E-state index contributed by atoms with van der Waals surface area (Å²) in [6.07, 6.45) is 2.05. The fourth-order valence-electron chi connectivity index (χ4n) is 2.65.